The van der Waals surface area contributed by atoms with Crippen molar-refractivity contribution in [3.8, 4) is 0 Å². The zero-order valence-corrected chi connectivity index (χ0v) is 10.6. The number of hydrogen-bond donors (Lipinski definition) is 1. The minimum Gasteiger partial charge on any atom is -0.464 e. The van der Waals surface area contributed by atoms with Crippen LogP contribution in [0.1, 0.15) is 29.0 Å². The topological polar surface area (TPSA) is 70.1 Å². The van der Waals surface area contributed by atoms with E-state index in [2.05, 4.69) is 9.72 Å². The number of nitrogens with two attached hydrogens (primary N) is 1. The molecule has 0 radical (unpaired) electrons. The van der Waals surface area contributed by atoms with Gasteiger partial charge in [0, 0.05) is 5.69 Å². The summed E-state index contributed by atoms with van der Waals surface area (Å²) in [6, 6.07) is 6.89. The number of nitrogen functional groups attached to an aromatic ring is 1. The minimum atomic E-state index is -0.845. The highest BCUT2D eigenvalue weighted by molar-refractivity contribution is 5.87. The average molecular weight is 263 g/mol. The van der Waals surface area contributed by atoms with Crippen LogP contribution in [0.4, 0.5) is 10.1 Å². The molecule has 5 nitrogen and oxygen atoms in total. The second kappa shape index (κ2) is 5.09. The Balaban J connectivity index is 2.45. The zero-order chi connectivity index (χ0) is 14.0. The van der Waals surface area contributed by atoms with Crippen LogP contribution in [-0.4, -0.2) is 22.6 Å². The van der Waals surface area contributed by atoms with Gasteiger partial charge in [0.05, 0.1) is 19.5 Å². The molecule has 2 aromatic rings. The van der Waals surface area contributed by atoms with Crippen LogP contribution in [0, 0.1) is 5.95 Å². The summed E-state index contributed by atoms with van der Waals surface area (Å²) in [5, 5.41) is 0. The largest absolute Gasteiger partial charge is 0.464 e. The fourth-order valence-electron chi connectivity index (χ4n) is 1.90. The molecule has 1 heterocycles. The van der Waals surface area contributed by atoms with Crippen molar-refractivity contribution in [1.29, 1.82) is 0 Å². The number of benzene rings is 1. The Labute approximate surface area is 109 Å². The fourth-order valence-corrected chi connectivity index (χ4v) is 1.90. The first-order valence-corrected chi connectivity index (χ1v) is 5.70. The van der Waals surface area contributed by atoms with Crippen LogP contribution in [0.3, 0.4) is 0 Å². The Morgan fingerprint density at radius 2 is 2.26 bits per heavy atom. The van der Waals surface area contributed by atoms with E-state index in [9.17, 15) is 9.18 Å². The SMILES string of the molecule is COC(=O)c1c(F)ncn1[C@H](C)c1cccc(N)c1. The van der Waals surface area contributed by atoms with Crippen LogP contribution in [0.25, 0.3) is 0 Å². The lowest BCUT2D eigenvalue weighted by Crippen LogP contribution is -2.15. The molecule has 1 aromatic heterocycles. The molecule has 2 N–H and O–H groups in total. The van der Waals surface area contributed by atoms with E-state index in [1.165, 1.54) is 18.0 Å². The second-order valence-corrected chi connectivity index (χ2v) is 4.13. The number of anilines is 1. The Kier molecular flexibility index (Phi) is 3.50. The van der Waals surface area contributed by atoms with Gasteiger partial charge in [0.25, 0.3) is 0 Å². The van der Waals surface area contributed by atoms with Crippen LogP contribution in [0.2, 0.25) is 0 Å². The van der Waals surface area contributed by atoms with Crippen molar-refractivity contribution in [1.82, 2.24) is 9.55 Å². The molecule has 2 rings (SSSR count). The van der Waals surface area contributed by atoms with Crippen LogP contribution in [0.5, 0.6) is 0 Å². The van der Waals surface area contributed by atoms with Crippen molar-refractivity contribution in [3.63, 3.8) is 0 Å². The van der Waals surface area contributed by atoms with Crippen molar-refractivity contribution in [2.45, 2.75) is 13.0 Å². The zero-order valence-electron chi connectivity index (χ0n) is 10.6. The number of carbonyl (C=O) groups is 1. The number of rotatable bonds is 3. The van der Waals surface area contributed by atoms with Crippen LogP contribution in [0.15, 0.2) is 30.6 Å². The Bertz CT molecular complexity index is 610. The van der Waals surface area contributed by atoms with E-state index in [-0.39, 0.29) is 11.7 Å². The molecule has 0 aliphatic carbocycles. The molecule has 19 heavy (non-hydrogen) atoms. The van der Waals surface area contributed by atoms with Gasteiger partial charge in [-0.1, -0.05) is 12.1 Å². The first-order valence-electron chi connectivity index (χ1n) is 5.70. The van der Waals surface area contributed by atoms with Crippen LogP contribution in [-0.2, 0) is 4.74 Å². The normalized spacial score (nSPS) is 12.2. The van der Waals surface area contributed by atoms with Gasteiger partial charge in [0.15, 0.2) is 5.69 Å². The summed E-state index contributed by atoms with van der Waals surface area (Å²) in [4.78, 5) is 15.1. The lowest BCUT2D eigenvalue weighted by Gasteiger charge is -2.16. The van der Waals surface area contributed by atoms with E-state index in [1.54, 1.807) is 18.2 Å². The first-order chi connectivity index (χ1) is 9.04. The molecule has 0 fully saturated rings. The number of methoxy groups -OCH3 is 1. The van der Waals surface area contributed by atoms with Gasteiger partial charge < -0.3 is 15.0 Å². The smallest absolute Gasteiger partial charge is 0.359 e. The molecular weight excluding hydrogens is 249 g/mol. The summed E-state index contributed by atoms with van der Waals surface area (Å²) >= 11 is 0. The van der Waals surface area contributed by atoms with Gasteiger partial charge in [-0.25, -0.2) is 9.78 Å². The number of esters is 1. The highest BCUT2D eigenvalue weighted by Gasteiger charge is 2.23. The van der Waals surface area contributed by atoms with Crippen molar-refractivity contribution in [2.75, 3.05) is 12.8 Å². The standard InChI is InChI=1S/C13H14FN3O2/c1-8(9-4-3-5-10(15)6-9)17-7-16-12(14)11(17)13(18)19-2/h3-8H,15H2,1-2H3/t8-/m1/s1. The predicted molar refractivity (Wildman–Crippen MR) is 68.2 cm³/mol. The van der Waals surface area contributed by atoms with Gasteiger partial charge >= 0.3 is 5.97 Å². The fraction of sp³-hybridized carbons (Fsp3) is 0.231. The quantitative estimate of drug-likeness (QED) is 0.679. The molecule has 0 bridgehead atoms. The highest BCUT2D eigenvalue weighted by Crippen LogP contribution is 2.23. The minimum absolute atomic E-state index is 0.197. The third-order valence-electron chi connectivity index (χ3n) is 2.94. The Hall–Kier alpha value is -2.37. The predicted octanol–water partition coefficient (Wildman–Crippen LogP) is 2.00. The van der Waals surface area contributed by atoms with E-state index in [1.807, 2.05) is 13.0 Å². The van der Waals surface area contributed by atoms with Crippen molar-refractivity contribution < 1.29 is 13.9 Å². The maximum atomic E-state index is 13.5. The maximum absolute atomic E-state index is 13.5. The van der Waals surface area contributed by atoms with E-state index in [0.29, 0.717) is 5.69 Å². The molecule has 0 amide bonds. The molecule has 0 saturated carbocycles. The molecule has 6 heteroatoms. The van der Waals surface area contributed by atoms with E-state index < -0.39 is 11.9 Å². The summed E-state index contributed by atoms with van der Waals surface area (Å²) < 4.78 is 19.5. The average Bonchev–Trinajstić information content (AvgIpc) is 2.79. The van der Waals surface area contributed by atoms with Gasteiger partial charge in [-0.15, -0.1) is 0 Å². The summed E-state index contributed by atoms with van der Waals surface area (Å²) in [5.74, 6) is -1.60. The number of hydrogen-bond acceptors (Lipinski definition) is 4. The summed E-state index contributed by atoms with van der Waals surface area (Å²) in [6.45, 7) is 1.82. The van der Waals surface area contributed by atoms with Crippen LogP contribution < -0.4 is 5.73 Å². The lowest BCUT2D eigenvalue weighted by atomic mass is 10.1. The number of halogens is 1. The van der Waals surface area contributed by atoms with Gasteiger partial charge in [-0.3, -0.25) is 0 Å². The van der Waals surface area contributed by atoms with E-state index in [4.69, 9.17) is 5.73 Å². The highest BCUT2D eigenvalue weighted by atomic mass is 19.1. The van der Waals surface area contributed by atoms with E-state index in [0.717, 1.165) is 5.56 Å². The molecule has 0 spiro atoms. The molecule has 1 atom stereocenters. The van der Waals surface area contributed by atoms with Gasteiger partial charge in [-0.05, 0) is 24.6 Å². The lowest BCUT2D eigenvalue weighted by molar-refractivity contribution is 0.0581. The third-order valence-corrected chi connectivity index (χ3v) is 2.94. The molecule has 0 aliphatic heterocycles. The van der Waals surface area contributed by atoms with Crippen molar-refractivity contribution >= 4 is 11.7 Å². The summed E-state index contributed by atoms with van der Waals surface area (Å²) in [6.07, 6.45) is 1.27. The van der Waals surface area contributed by atoms with Crippen molar-refractivity contribution in [3.05, 3.63) is 47.8 Å². The molecule has 0 unspecified atom stereocenters. The van der Waals surface area contributed by atoms with Gasteiger partial charge in [0.2, 0.25) is 5.95 Å². The van der Waals surface area contributed by atoms with E-state index >= 15 is 0 Å². The number of carbonyl (C=O) groups excluding carboxylic acids is 1. The number of aromatic nitrogens is 2. The Morgan fingerprint density at radius 1 is 1.53 bits per heavy atom. The molecule has 0 saturated heterocycles. The third kappa shape index (κ3) is 2.42. The first kappa shape index (κ1) is 13.1. The van der Waals surface area contributed by atoms with Gasteiger partial charge in [0.1, 0.15) is 0 Å². The van der Waals surface area contributed by atoms with Crippen LogP contribution >= 0.6 is 0 Å². The summed E-state index contributed by atoms with van der Waals surface area (Å²) in [7, 11) is 1.20. The second-order valence-electron chi connectivity index (χ2n) is 4.13. The molecule has 0 aliphatic rings. The molecular formula is C13H14FN3O2. The Morgan fingerprint density at radius 3 is 2.89 bits per heavy atom. The van der Waals surface area contributed by atoms with Crippen molar-refractivity contribution in [2.24, 2.45) is 0 Å². The number of nitrogens with zero attached hydrogens (tertiary/aromatic N) is 2. The monoisotopic (exact) mass is 263 g/mol. The maximum Gasteiger partial charge on any atom is 0.359 e. The number of imidazole rings is 1. The molecule has 1 aromatic carbocycles. The molecule has 100 valence electrons. The number of ether oxygens (including phenoxy) is 1. The van der Waals surface area contributed by atoms with Gasteiger partial charge in [-0.2, -0.15) is 4.39 Å². The summed E-state index contributed by atoms with van der Waals surface area (Å²) in [5.41, 5.74) is 6.97.